The van der Waals surface area contributed by atoms with Gasteiger partial charge < -0.3 is 20.1 Å². The largest absolute Gasteiger partial charge is 0.494 e. The van der Waals surface area contributed by atoms with Crippen molar-refractivity contribution in [1.29, 1.82) is 0 Å². The van der Waals surface area contributed by atoms with Gasteiger partial charge >= 0.3 is 0 Å². The fraction of sp³-hybridized carbons (Fsp3) is 0.409. The maximum Gasteiger partial charge on any atom is 0.223 e. The van der Waals surface area contributed by atoms with E-state index in [0.29, 0.717) is 37.2 Å². The van der Waals surface area contributed by atoms with Gasteiger partial charge in [0.05, 0.1) is 6.61 Å². The van der Waals surface area contributed by atoms with E-state index >= 15 is 0 Å². The second kappa shape index (κ2) is 9.91. The number of hydrogen-bond donors (Lipinski definition) is 2. The van der Waals surface area contributed by atoms with Gasteiger partial charge in [0.1, 0.15) is 11.5 Å². The van der Waals surface area contributed by atoms with Gasteiger partial charge in [-0.1, -0.05) is 6.92 Å². The van der Waals surface area contributed by atoms with Gasteiger partial charge in [-0.15, -0.1) is 0 Å². The van der Waals surface area contributed by atoms with Crippen LogP contribution in [0.4, 0.5) is 0 Å². The van der Waals surface area contributed by atoms with E-state index < -0.39 is 0 Å². The van der Waals surface area contributed by atoms with Gasteiger partial charge in [0.2, 0.25) is 17.7 Å². The van der Waals surface area contributed by atoms with Crippen molar-refractivity contribution >= 4 is 11.8 Å². The molecule has 1 aromatic heterocycles. The molecular formula is C22H27N3O4. The lowest BCUT2D eigenvalue weighted by molar-refractivity contribution is -0.123. The third-order valence-electron chi connectivity index (χ3n) is 4.74. The molecule has 1 saturated carbocycles. The maximum atomic E-state index is 12.0. The number of rotatable bonds is 10. The molecule has 7 heteroatoms. The van der Waals surface area contributed by atoms with Crippen molar-refractivity contribution in [2.24, 2.45) is 11.8 Å². The van der Waals surface area contributed by atoms with Crippen LogP contribution in [0, 0.1) is 11.8 Å². The SMILES string of the molecule is CCOc1ccc(Oc2cc(CNC(=O)CCNC(=O)C3CC3C)ccn2)cc1. The van der Waals surface area contributed by atoms with Gasteiger partial charge in [-0.05, 0) is 55.2 Å². The first-order valence-corrected chi connectivity index (χ1v) is 9.95. The maximum absolute atomic E-state index is 12.0. The van der Waals surface area contributed by atoms with Crippen LogP contribution in [0.3, 0.4) is 0 Å². The first-order chi connectivity index (χ1) is 14.0. The summed E-state index contributed by atoms with van der Waals surface area (Å²) in [5, 5.41) is 5.66. The lowest BCUT2D eigenvalue weighted by Gasteiger charge is -2.09. The Labute approximate surface area is 170 Å². The van der Waals surface area contributed by atoms with Crippen molar-refractivity contribution in [1.82, 2.24) is 15.6 Å². The second-order valence-corrected chi connectivity index (χ2v) is 7.15. The van der Waals surface area contributed by atoms with E-state index in [-0.39, 0.29) is 24.2 Å². The smallest absolute Gasteiger partial charge is 0.223 e. The van der Waals surface area contributed by atoms with Crippen molar-refractivity contribution in [3.8, 4) is 17.4 Å². The highest BCUT2D eigenvalue weighted by molar-refractivity contribution is 5.82. The Hall–Kier alpha value is -3.09. The predicted molar refractivity (Wildman–Crippen MR) is 109 cm³/mol. The Morgan fingerprint density at radius 3 is 2.55 bits per heavy atom. The number of nitrogens with one attached hydrogen (secondary N) is 2. The van der Waals surface area contributed by atoms with E-state index in [9.17, 15) is 9.59 Å². The van der Waals surface area contributed by atoms with Crippen molar-refractivity contribution in [3.63, 3.8) is 0 Å². The van der Waals surface area contributed by atoms with E-state index in [1.165, 1.54) is 0 Å². The highest BCUT2D eigenvalue weighted by Crippen LogP contribution is 2.37. The third-order valence-corrected chi connectivity index (χ3v) is 4.74. The van der Waals surface area contributed by atoms with Crippen molar-refractivity contribution in [2.45, 2.75) is 33.2 Å². The van der Waals surface area contributed by atoms with Crippen LogP contribution in [-0.4, -0.2) is 29.9 Å². The Kier molecular flexibility index (Phi) is 7.05. The minimum absolute atomic E-state index is 0.0514. The van der Waals surface area contributed by atoms with Gasteiger partial charge in [-0.2, -0.15) is 0 Å². The van der Waals surface area contributed by atoms with Crippen LogP contribution in [0.2, 0.25) is 0 Å². The number of carbonyl (C=O) groups excluding carboxylic acids is 2. The highest BCUT2D eigenvalue weighted by atomic mass is 16.5. The van der Waals surface area contributed by atoms with Gasteiger partial charge in [-0.3, -0.25) is 9.59 Å². The summed E-state index contributed by atoms with van der Waals surface area (Å²) in [6, 6.07) is 10.9. The van der Waals surface area contributed by atoms with Crippen LogP contribution >= 0.6 is 0 Å². The molecular weight excluding hydrogens is 370 g/mol. The van der Waals surface area contributed by atoms with E-state index in [0.717, 1.165) is 17.7 Å². The lowest BCUT2D eigenvalue weighted by atomic mass is 10.2. The summed E-state index contributed by atoms with van der Waals surface area (Å²) in [6.45, 7) is 5.33. The molecule has 0 aliphatic heterocycles. The molecule has 1 aromatic carbocycles. The van der Waals surface area contributed by atoms with Crippen LogP contribution in [0.1, 0.15) is 32.3 Å². The molecule has 0 saturated heterocycles. The van der Waals surface area contributed by atoms with Gasteiger partial charge in [-0.25, -0.2) is 4.98 Å². The summed E-state index contributed by atoms with van der Waals surface area (Å²) < 4.78 is 11.2. The number of pyridine rings is 1. The Balaban J connectivity index is 1.42. The minimum Gasteiger partial charge on any atom is -0.494 e. The molecule has 2 amide bonds. The summed E-state index contributed by atoms with van der Waals surface area (Å²) in [6.07, 6.45) is 2.84. The van der Waals surface area contributed by atoms with Crippen molar-refractivity contribution in [3.05, 3.63) is 48.2 Å². The van der Waals surface area contributed by atoms with E-state index in [2.05, 4.69) is 22.5 Å². The molecule has 0 radical (unpaired) electrons. The summed E-state index contributed by atoms with van der Waals surface area (Å²) in [5.41, 5.74) is 0.880. The molecule has 0 bridgehead atoms. The fourth-order valence-corrected chi connectivity index (χ4v) is 2.91. The van der Waals surface area contributed by atoms with Crippen LogP contribution in [-0.2, 0) is 16.1 Å². The Morgan fingerprint density at radius 2 is 1.86 bits per heavy atom. The minimum atomic E-state index is -0.111. The molecule has 1 aliphatic rings. The number of aromatic nitrogens is 1. The molecule has 2 unspecified atom stereocenters. The fourth-order valence-electron chi connectivity index (χ4n) is 2.91. The number of benzene rings is 1. The third kappa shape index (κ3) is 6.48. The predicted octanol–water partition coefficient (Wildman–Crippen LogP) is 3.05. The number of amides is 2. The number of nitrogens with zero attached hydrogens (tertiary/aromatic N) is 1. The zero-order valence-electron chi connectivity index (χ0n) is 16.8. The second-order valence-electron chi connectivity index (χ2n) is 7.15. The quantitative estimate of drug-likeness (QED) is 0.643. The normalized spacial score (nSPS) is 17.3. The number of hydrogen-bond acceptors (Lipinski definition) is 5. The summed E-state index contributed by atoms with van der Waals surface area (Å²) in [7, 11) is 0. The lowest BCUT2D eigenvalue weighted by Crippen LogP contribution is -2.31. The molecule has 2 N–H and O–H groups in total. The molecule has 1 heterocycles. The molecule has 7 nitrogen and oxygen atoms in total. The van der Waals surface area contributed by atoms with Crippen LogP contribution in [0.15, 0.2) is 42.6 Å². The average Bonchev–Trinajstić information content (AvgIpc) is 3.45. The van der Waals surface area contributed by atoms with E-state index in [1.807, 2.05) is 37.3 Å². The Bertz CT molecular complexity index is 838. The standard InChI is InChI=1S/C22H27N3O4/c1-3-28-17-4-6-18(7-5-17)29-21-13-16(8-10-23-21)14-25-20(26)9-11-24-22(27)19-12-15(19)2/h4-8,10,13,15,19H,3,9,11-12,14H2,1-2H3,(H,24,27)(H,25,26). The summed E-state index contributed by atoms with van der Waals surface area (Å²) in [4.78, 5) is 27.9. The molecule has 1 aliphatic carbocycles. The van der Waals surface area contributed by atoms with Gasteiger partial charge in [0.25, 0.3) is 0 Å². The molecule has 2 atom stereocenters. The Morgan fingerprint density at radius 1 is 1.14 bits per heavy atom. The summed E-state index contributed by atoms with van der Waals surface area (Å²) >= 11 is 0. The highest BCUT2D eigenvalue weighted by Gasteiger charge is 2.38. The van der Waals surface area contributed by atoms with Crippen LogP contribution < -0.4 is 20.1 Å². The topological polar surface area (TPSA) is 89.5 Å². The average molecular weight is 397 g/mol. The van der Waals surface area contributed by atoms with Gasteiger partial charge in [0.15, 0.2) is 0 Å². The van der Waals surface area contributed by atoms with Crippen LogP contribution in [0.5, 0.6) is 17.4 Å². The number of ether oxygens (including phenoxy) is 2. The first kappa shape index (κ1) is 20.6. The van der Waals surface area contributed by atoms with Crippen molar-refractivity contribution < 1.29 is 19.1 Å². The van der Waals surface area contributed by atoms with E-state index in [1.54, 1.807) is 12.3 Å². The van der Waals surface area contributed by atoms with Crippen LogP contribution in [0.25, 0.3) is 0 Å². The zero-order chi connectivity index (χ0) is 20.6. The van der Waals surface area contributed by atoms with Crippen molar-refractivity contribution in [2.75, 3.05) is 13.2 Å². The zero-order valence-corrected chi connectivity index (χ0v) is 16.8. The molecule has 154 valence electrons. The molecule has 2 aromatic rings. The summed E-state index contributed by atoms with van der Waals surface area (Å²) in [5.74, 6) is 2.43. The first-order valence-electron chi connectivity index (χ1n) is 9.95. The molecule has 29 heavy (non-hydrogen) atoms. The number of carbonyl (C=O) groups is 2. The molecule has 1 fully saturated rings. The molecule has 3 rings (SSSR count). The molecule has 0 spiro atoms. The van der Waals surface area contributed by atoms with E-state index in [4.69, 9.17) is 9.47 Å². The monoisotopic (exact) mass is 397 g/mol. The van der Waals surface area contributed by atoms with Gasteiger partial charge in [0, 0.05) is 37.7 Å².